The SMILES string of the molecule is CCc1cc(OC)c(C(=O)N2Cc3ccccc3C2)cc1Br. The third kappa shape index (κ3) is 2.63. The van der Waals surface area contributed by atoms with E-state index in [1.54, 1.807) is 7.11 Å². The van der Waals surface area contributed by atoms with Crippen LogP contribution in [-0.4, -0.2) is 17.9 Å². The summed E-state index contributed by atoms with van der Waals surface area (Å²) in [5.74, 6) is 0.650. The number of fused-ring (bicyclic) bond motifs is 1. The number of aryl methyl sites for hydroxylation is 1. The summed E-state index contributed by atoms with van der Waals surface area (Å²) in [5.41, 5.74) is 4.19. The molecule has 0 saturated carbocycles. The lowest BCUT2D eigenvalue weighted by molar-refractivity contribution is 0.0748. The van der Waals surface area contributed by atoms with E-state index in [4.69, 9.17) is 4.74 Å². The molecule has 1 heterocycles. The third-order valence-corrected chi connectivity index (χ3v) is 4.85. The summed E-state index contributed by atoms with van der Waals surface area (Å²) in [6.45, 7) is 3.40. The van der Waals surface area contributed by atoms with Crippen LogP contribution >= 0.6 is 15.9 Å². The molecule has 0 bridgehead atoms. The summed E-state index contributed by atoms with van der Waals surface area (Å²) in [4.78, 5) is 14.7. The number of carbonyl (C=O) groups is 1. The van der Waals surface area contributed by atoms with Crippen molar-refractivity contribution in [1.29, 1.82) is 0 Å². The van der Waals surface area contributed by atoms with E-state index in [1.165, 1.54) is 11.1 Å². The molecule has 3 rings (SSSR count). The van der Waals surface area contributed by atoms with Gasteiger partial charge in [-0.05, 0) is 35.2 Å². The van der Waals surface area contributed by atoms with Crippen LogP contribution in [0.25, 0.3) is 0 Å². The molecule has 2 aromatic rings. The van der Waals surface area contributed by atoms with E-state index >= 15 is 0 Å². The number of rotatable bonds is 3. The fraction of sp³-hybridized carbons (Fsp3) is 0.278. The highest BCUT2D eigenvalue weighted by molar-refractivity contribution is 9.10. The van der Waals surface area contributed by atoms with Gasteiger partial charge in [-0.25, -0.2) is 0 Å². The summed E-state index contributed by atoms with van der Waals surface area (Å²) in [6.07, 6.45) is 0.889. The van der Waals surface area contributed by atoms with E-state index in [0.717, 1.165) is 16.5 Å². The van der Waals surface area contributed by atoms with Crippen LogP contribution < -0.4 is 4.74 Å². The highest BCUT2D eigenvalue weighted by atomic mass is 79.9. The normalized spacial score (nSPS) is 13.1. The van der Waals surface area contributed by atoms with Crippen LogP contribution in [0.4, 0.5) is 0 Å². The second-order valence-electron chi connectivity index (χ2n) is 5.43. The van der Waals surface area contributed by atoms with Crippen molar-refractivity contribution in [2.24, 2.45) is 0 Å². The second kappa shape index (κ2) is 6.13. The van der Waals surface area contributed by atoms with Gasteiger partial charge >= 0.3 is 0 Å². The molecule has 4 heteroatoms. The summed E-state index contributed by atoms with van der Waals surface area (Å²) in [7, 11) is 1.61. The minimum Gasteiger partial charge on any atom is -0.496 e. The van der Waals surface area contributed by atoms with Crippen LogP contribution in [0.2, 0.25) is 0 Å². The molecule has 1 aliphatic rings. The summed E-state index contributed by atoms with van der Waals surface area (Å²) in [5, 5.41) is 0. The number of hydrogen-bond donors (Lipinski definition) is 0. The molecule has 22 heavy (non-hydrogen) atoms. The van der Waals surface area contributed by atoms with Crippen molar-refractivity contribution in [3.8, 4) is 5.75 Å². The monoisotopic (exact) mass is 359 g/mol. The molecule has 0 saturated heterocycles. The lowest BCUT2D eigenvalue weighted by atomic mass is 10.1. The van der Waals surface area contributed by atoms with Gasteiger partial charge in [0.05, 0.1) is 12.7 Å². The predicted octanol–water partition coefficient (Wildman–Crippen LogP) is 4.18. The number of methoxy groups -OCH3 is 1. The smallest absolute Gasteiger partial charge is 0.258 e. The Bertz CT molecular complexity index is 702. The van der Waals surface area contributed by atoms with Gasteiger partial charge in [-0.15, -0.1) is 0 Å². The molecule has 1 aliphatic heterocycles. The Morgan fingerprint density at radius 1 is 1.23 bits per heavy atom. The van der Waals surface area contributed by atoms with Crippen molar-refractivity contribution in [2.45, 2.75) is 26.4 Å². The van der Waals surface area contributed by atoms with Gasteiger partial charge in [-0.2, -0.15) is 0 Å². The van der Waals surface area contributed by atoms with Gasteiger partial charge < -0.3 is 9.64 Å². The molecule has 2 aromatic carbocycles. The zero-order chi connectivity index (χ0) is 15.7. The lowest BCUT2D eigenvalue weighted by Gasteiger charge is -2.18. The van der Waals surface area contributed by atoms with Crippen LogP contribution in [0, 0.1) is 0 Å². The standard InChI is InChI=1S/C18H18BrNO2/c1-3-12-8-17(22-2)15(9-16(12)19)18(21)20-10-13-6-4-5-7-14(13)11-20/h4-9H,3,10-11H2,1-2H3. The Morgan fingerprint density at radius 3 is 2.41 bits per heavy atom. The summed E-state index contributed by atoms with van der Waals surface area (Å²) in [6, 6.07) is 12.0. The first kappa shape index (κ1) is 15.1. The number of ether oxygens (including phenoxy) is 1. The second-order valence-corrected chi connectivity index (χ2v) is 6.28. The summed E-state index contributed by atoms with van der Waals surface area (Å²) < 4.78 is 6.39. The molecule has 0 fully saturated rings. The highest BCUT2D eigenvalue weighted by Crippen LogP contribution is 2.31. The van der Waals surface area contributed by atoms with Gasteiger partial charge in [0.1, 0.15) is 5.75 Å². The minimum atomic E-state index is 0.0106. The quantitative estimate of drug-likeness (QED) is 0.822. The molecule has 0 atom stereocenters. The number of benzene rings is 2. The number of amides is 1. The number of carbonyl (C=O) groups excluding carboxylic acids is 1. The average molecular weight is 360 g/mol. The van der Waals surface area contributed by atoms with E-state index in [0.29, 0.717) is 24.4 Å². The predicted molar refractivity (Wildman–Crippen MR) is 90.1 cm³/mol. The van der Waals surface area contributed by atoms with Crippen molar-refractivity contribution in [1.82, 2.24) is 4.90 Å². The first-order valence-electron chi connectivity index (χ1n) is 7.36. The van der Waals surface area contributed by atoms with E-state index in [-0.39, 0.29) is 5.91 Å². The Balaban J connectivity index is 1.92. The lowest BCUT2D eigenvalue weighted by Crippen LogP contribution is -2.25. The third-order valence-electron chi connectivity index (χ3n) is 4.11. The number of nitrogens with zero attached hydrogens (tertiary/aromatic N) is 1. The van der Waals surface area contributed by atoms with Crippen molar-refractivity contribution in [3.63, 3.8) is 0 Å². The molecule has 0 spiro atoms. The fourth-order valence-corrected chi connectivity index (χ4v) is 3.47. The van der Waals surface area contributed by atoms with Crippen molar-refractivity contribution in [2.75, 3.05) is 7.11 Å². The van der Waals surface area contributed by atoms with Crippen LogP contribution in [0.5, 0.6) is 5.75 Å². The highest BCUT2D eigenvalue weighted by Gasteiger charge is 2.26. The summed E-state index contributed by atoms with van der Waals surface area (Å²) >= 11 is 3.55. The molecular weight excluding hydrogens is 342 g/mol. The molecule has 0 aliphatic carbocycles. The molecule has 0 aromatic heterocycles. The van der Waals surface area contributed by atoms with Crippen molar-refractivity contribution in [3.05, 3.63) is 63.1 Å². The van der Waals surface area contributed by atoms with Crippen molar-refractivity contribution >= 4 is 21.8 Å². The van der Waals surface area contributed by atoms with E-state index in [9.17, 15) is 4.79 Å². The van der Waals surface area contributed by atoms with Crippen LogP contribution in [-0.2, 0) is 19.5 Å². The van der Waals surface area contributed by atoms with E-state index in [2.05, 4.69) is 35.0 Å². The Hall–Kier alpha value is -1.81. The van der Waals surface area contributed by atoms with E-state index < -0.39 is 0 Å². The molecule has 0 N–H and O–H groups in total. The average Bonchev–Trinajstić information content (AvgIpc) is 2.98. The first-order chi connectivity index (χ1) is 10.6. The molecule has 0 unspecified atom stereocenters. The molecule has 1 amide bonds. The fourth-order valence-electron chi connectivity index (χ4n) is 2.85. The maximum atomic E-state index is 12.9. The molecule has 3 nitrogen and oxygen atoms in total. The maximum absolute atomic E-state index is 12.9. The van der Waals surface area contributed by atoms with E-state index in [1.807, 2.05) is 29.2 Å². The number of hydrogen-bond acceptors (Lipinski definition) is 2. The Morgan fingerprint density at radius 2 is 1.86 bits per heavy atom. The zero-order valence-corrected chi connectivity index (χ0v) is 14.3. The van der Waals surface area contributed by atoms with Crippen LogP contribution in [0.15, 0.2) is 40.9 Å². The van der Waals surface area contributed by atoms with Crippen LogP contribution in [0.3, 0.4) is 0 Å². The topological polar surface area (TPSA) is 29.5 Å². The van der Waals surface area contributed by atoms with Gasteiger partial charge in [-0.3, -0.25) is 4.79 Å². The molecule has 0 radical (unpaired) electrons. The zero-order valence-electron chi connectivity index (χ0n) is 12.7. The van der Waals surface area contributed by atoms with Gasteiger partial charge in [0.15, 0.2) is 0 Å². The Labute approximate surface area is 139 Å². The van der Waals surface area contributed by atoms with Crippen molar-refractivity contribution < 1.29 is 9.53 Å². The van der Waals surface area contributed by atoms with Gasteiger partial charge in [-0.1, -0.05) is 47.1 Å². The molecular formula is C18H18BrNO2. The first-order valence-corrected chi connectivity index (χ1v) is 8.15. The number of halogens is 1. The van der Waals surface area contributed by atoms with Gasteiger partial charge in [0.2, 0.25) is 0 Å². The maximum Gasteiger partial charge on any atom is 0.258 e. The van der Waals surface area contributed by atoms with Gasteiger partial charge in [0.25, 0.3) is 5.91 Å². The molecule has 114 valence electrons. The minimum absolute atomic E-state index is 0.0106. The van der Waals surface area contributed by atoms with Gasteiger partial charge in [0, 0.05) is 17.6 Å². The Kier molecular flexibility index (Phi) is 4.21. The van der Waals surface area contributed by atoms with Crippen LogP contribution in [0.1, 0.15) is 34.0 Å². The largest absolute Gasteiger partial charge is 0.496 e.